The zero-order valence-corrected chi connectivity index (χ0v) is 12.8. The quantitative estimate of drug-likeness (QED) is 0.847. The van der Waals surface area contributed by atoms with Crippen molar-refractivity contribution >= 4 is 11.5 Å². The van der Waals surface area contributed by atoms with E-state index < -0.39 is 0 Å². The molecule has 1 aromatic rings. The molecule has 114 valence electrons. The van der Waals surface area contributed by atoms with E-state index in [1.165, 1.54) is 0 Å². The summed E-state index contributed by atoms with van der Waals surface area (Å²) in [4.78, 5) is 4.63. The molecule has 0 aliphatic carbocycles. The smallest absolute Gasteiger partial charge is 0.150 e. The summed E-state index contributed by atoms with van der Waals surface area (Å²) in [5.74, 6) is 1.38. The van der Waals surface area contributed by atoms with Crippen molar-refractivity contribution in [2.24, 2.45) is 7.05 Å². The number of rotatable bonds is 4. The van der Waals surface area contributed by atoms with Crippen LogP contribution in [-0.2, 0) is 7.05 Å². The average molecular weight is 281 g/mol. The summed E-state index contributed by atoms with van der Waals surface area (Å²) < 4.78 is 1.91. The largest absolute Gasteiger partial charge is 0.395 e. The second-order valence-electron chi connectivity index (χ2n) is 5.81. The summed E-state index contributed by atoms with van der Waals surface area (Å²) in [6.07, 6.45) is 1.08. The van der Waals surface area contributed by atoms with Gasteiger partial charge < -0.3 is 15.7 Å². The van der Waals surface area contributed by atoms with Gasteiger partial charge in [0.25, 0.3) is 0 Å². The summed E-state index contributed by atoms with van der Waals surface area (Å²) >= 11 is 0. The van der Waals surface area contributed by atoms with Gasteiger partial charge in [-0.15, -0.1) is 0 Å². The van der Waals surface area contributed by atoms with Crippen LogP contribution in [0.4, 0.5) is 11.5 Å². The van der Waals surface area contributed by atoms with E-state index in [-0.39, 0.29) is 6.61 Å². The lowest BCUT2D eigenvalue weighted by molar-refractivity contribution is 0.204. The SMILES string of the molecule is CC(C)c1nn(C)c(N2CCCN(CCO)CC2)c1N. The van der Waals surface area contributed by atoms with Gasteiger partial charge in [0.2, 0.25) is 0 Å². The van der Waals surface area contributed by atoms with Crippen molar-refractivity contribution < 1.29 is 5.11 Å². The molecule has 6 nitrogen and oxygen atoms in total. The van der Waals surface area contributed by atoms with Crippen molar-refractivity contribution in [3.8, 4) is 0 Å². The highest BCUT2D eigenvalue weighted by Gasteiger charge is 2.23. The number of hydrogen-bond acceptors (Lipinski definition) is 5. The lowest BCUT2D eigenvalue weighted by Gasteiger charge is -2.23. The van der Waals surface area contributed by atoms with Crippen LogP contribution in [0.1, 0.15) is 31.9 Å². The van der Waals surface area contributed by atoms with Crippen LogP contribution < -0.4 is 10.6 Å². The van der Waals surface area contributed by atoms with Crippen LogP contribution in [0.2, 0.25) is 0 Å². The maximum Gasteiger partial charge on any atom is 0.150 e. The van der Waals surface area contributed by atoms with Gasteiger partial charge in [-0.05, 0) is 18.9 Å². The Bertz CT molecular complexity index is 443. The fourth-order valence-corrected chi connectivity index (χ4v) is 2.90. The Morgan fingerprint density at radius 1 is 1.25 bits per heavy atom. The molecule has 0 bridgehead atoms. The topological polar surface area (TPSA) is 70.5 Å². The van der Waals surface area contributed by atoms with E-state index in [1.54, 1.807) is 0 Å². The molecule has 1 saturated heterocycles. The van der Waals surface area contributed by atoms with Crippen LogP contribution >= 0.6 is 0 Å². The summed E-state index contributed by atoms with van der Waals surface area (Å²) in [5.41, 5.74) is 8.10. The van der Waals surface area contributed by atoms with E-state index in [2.05, 4.69) is 28.7 Å². The molecule has 0 spiro atoms. The Balaban J connectivity index is 2.15. The molecule has 0 unspecified atom stereocenters. The van der Waals surface area contributed by atoms with Crippen LogP contribution in [0.15, 0.2) is 0 Å². The number of anilines is 2. The van der Waals surface area contributed by atoms with Gasteiger partial charge in [-0.1, -0.05) is 13.8 Å². The predicted octanol–water partition coefficient (Wildman–Crippen LogP) is 0.630. The summed E-state index contributed by atoms with van der Waals surface area (Å²) in [6, 6.07) is 0. The van der Waals surface area contributed by atoms with Crippen molar-refractivity contribution in [3.63, 3.8) is 0 Å². The lowest BCUT2D eigenvalue weighted by atomic mass is 10.1. The molecular weight excluding hydrogens is 254 g/mol. The van der Waals surface area contributed by atoms with Gasteiger partial charge in [0, 0.05) is 33.2 Å². The summed E-state index contributed by atoms with van der Waals surface area (Å²) in [6.45, 7) is 9.14. The molecular formula is C14H27N5O. The predicted molar refractivity (Wildman–Crippen MR) is 82.1 cm³/mol. The third kappa shape index (κ3) is 3.07. The lowest BCUT2D eigenvalue weighted by Crippen LogP contribution is -2.33. The highest BCUT2D eigenvalue weighted by Crippen LogP contribution is 2.31. The van der Waals surface area contributed by atoms with Crippen molar-refractivity contribution in [2.75, 3.05) is 50.0 Å². The van der Waals surface area contributed by atoms with Crippen LogP contribution in [0.25, 0.3) is 0 Å². The fourth-order valence-electron chi connectivity index (χ4n) is 2.90. The van der Waals surface area contributed by atoms with Crippen molar-refractivity contribution in [1.82, 2.24) is 14.7 Å². The van der Waals surface area contributed by atoms with Crippen LogP contribution in [0, 0.1) is 0 Å². The molecule has 0 radical (unpaired) electrons. The first-order valence-electron chi connectivity index (χ1n) is 7.45. The molecule has 2 heterocycles. The molecule has 6 heteroatoms. The summed E-state index contributed by atoms with van der Waals surface area (Å²) in [7, 11) is 1.97. The molecule has 20 heavy (non-hydrogen) atoms. The van der Waals surface area contributed by atoms with Crippen molar-refractivity contribution in [3.05, 3.63) is 5.69 Å². The van der Waals surface area contributed by atoms with Gasteiger partial charge in [0.1, 0.15) is 5.82 Å². The molecule has 1 aromatic heterocycles. The molecule has 0 atom stereocenters. The van der Waals surface area contributed by atoms with Gasteiger partial charge in [-0.25, -0.2) is 0 Å². The minimum absolute atomic E-state index is 0.228. The van der Waals surface area contributed by atoms with E-state index in [4.69, 9.17) is 10.8 Å². The number of nitrogen functional groups attached to an aromatic ring is 1. The number of aliphatic hydroxyl groups is 1. The number of nitrogens with zero attached hydrogens (tertiary/aromatic N) is 4. The van der Waals surface area contributed by atoms with Crippen LogP contribution in [0.5, 0.6) is 0 Å². The molecule has 2 rings (SSSR count). The first-order valence-corrected chi connectivity index (χ1v) is 7.45. The normalized spacial score (nSPS) is 17.8. The number of aryl methyl sites for hydroxylation is 1. The first kappa shape index (κ1) is 15.1. The minimum atomic E-state index is 0.228. The minimum Gasteiger partial charge on any atom is -0.395 e. The molecule has 1 aliphatic heterocycles. The third-order valence-corrected chi connectivity index (χ3v) is 3.93. The van der Waals surface area contributed by atoms with Crippen LogP contribution in [0.3, 0.4) is 0 Å². The molecule has 1 aliphatic rings. The maximum atomic E-state index is 9.06. The maximum absolute atomic E-state index is 9.06. The zero-order valence-electron chi connectivity index (χ0n) is 12.8. The number of aliphatic hydroxyl groups excluding tert-OH is 1. The summed E-state index contributed by atoms with van der Waals surface area (Å²) in [5, 5.41) is 13.6. The van der Waals surface area contributed by atoms with Crippen LogP contribution in [-0.4, -0.2) is 59.1 Å². The van der Waals surface area contributed by atoms with E-state index in [0.717, 1.165) is 56.3 Å². The standard InChI is InChI=1S/C14H27N5O/c1-11(2)13-12(15)14(17(3)16-13)19-6-4-5-18(7-8-19)9-10-20/h11,20H,4-10,15H2,1-3H3. The number of β-amino-alcohol motifs (C(OH)–C–C–N with tert-alkyl or cyclic N) is 1. The molecule has 3 N–H and O–H groups in total. The second kappa shape index (κ2) is 6.45. The molecule has 0 aromatic carbocycles. The van der Waals surface area contributed by atoms with E-state index >= 15 is 0 Å². The van der Waals surface area contributed by atoms with Crippen molar-refractivity contribution in [1.29, 1.82) is 0 Å². The number of hydrogen-bond donors (Lipinski definition) is 2. The molecule has 1 fully saturated rings. The Kier molecular flexibility index (Phi) is 4.88. The number of nitrogens with two attached hydrogens (primary N) is 1. The number of aromatic nitrogens is 2. The second-order valence-corrected chi connectivity index (χ2v) is 5.81. The Morgan fingerprint density at radius 2 is 2.00 bits per heavy atom. The third-order valence-electron chi connectivity index (χ3n) is 3.93. The zero-order chi connectivity index (χ0) is 14.7. The molecule has 0 amide bonds. The van der Waals surface area contributed by atoms with Crippen molar-refractivity contribution in [2.45, 2.75) is 26.2 Å². The monoisotopic (exact) mass is 281 g/mol. The van der Waals surface area contributed by atoms with Gasteiger partial charge in [0.15, 0.2) is 0 Å². The van der Waals surface area contributed by atoms with E-state index in [9.17, 15) is 0 Å². The Hall–Kier alpha value is -1.27. The van der Waals surface area contributed by atoms with E-state index in [0.29, 0.717) is 5.92 Å². The van der Waals surface area contributed by atoms with Gasteiger partial charge >= 0.3 is 0 Å². The first-order chi connectivity index (χ1) is 9.54. The Morgan fingerprint density at radius 3 is 2.60 bits per heavy atom. The van der Waals surface area contributed by atoms with Gasteiger partial charge in [-0.3, -0.25) is 9.58 Å². The van der Waals surface area contributed by atoms with E-state index in [1.807, 2.05) is 11.7 Å². The fraction of sp³-hybridized carbons (Fsp3) is 0.786. The average Bonchev–Trinajstić information content (AvgIpc) is 2.58. The van der Waals surface area contributed by atoms with Gasteiger partial charge in [0.05, 0.1) is 18.0 Å². The Labute approximate surface area is 121 Å². The van der Waals surface area contributed by atoms with Gasteiger partial charge in [-0.2, -0.15) is 5.10 Å². The highest BCUT2D eigenvalue weighted by atomic mass is 16.3. The highest BCUT2D eigenvalue weighted by molar-refractivity contribution is 5.67. The molecule has 0 saturated carbocycles.